The van der Waals surface area contributed by atoms with Gasteiger partial charge in [-0.2, -0.15) is 0 Å². The number of hydrogen-bond acceptors (Lipinski definition) is 4. The summed E-state index contributed by atoms with van der Waals surface area (Å²) in [5, 5.41) is 0. The second-order valence-electron chi connectivity index (χ2n) is 11.9. The van der Waals surface area contributed by atoms with E-state index in [2.05, 4.69) is 13.8 Å². The molecule has 4 fully saturated rings. The first-order valence-corrected chi connectivity index (χ1v) is 12.6. The van der Waals surface area contributed by atoms with E-state index in [1.54, 1.807) is 0 Å². The van der Waals surface area contributed by atoms with E-state index in [0.29, 0.717) is 36.4 Å². The summed E-state index contributed by atoms with van der Waals surface area (Å²) in [5.74, 6) is 2.14. The van der Waals surface area contributed by atoms with Crippen LogP contribution in [0.5, 0.6) is 0 Å². The number of ketones is 2. The number of piperidine rings is 1. The first kappa shape index (κ1) is 22.8. The molecular weight excluding hydrogens is 390 g/mol. The van der Waals surface area contributed by atoms with Gasteiger partial charge >= 0.3 is 6.09 Å². The van der Waals surface area contributed by atoms with Crippen LogP contribution in [0.25, 0.3) is 0 Å². The second-order valence-corrected chi connectivity index (χ2v) is 11.9. The fraction of sp³-hybridized carbons (Fsp3) is 0.885. The Bertz CT molecular complexity index is 725. The molecule has 1 saturated heterocycles. The molecule has 3 aliphatic carbocycles. The van der Waals surface area contributed by atoms with Crippen LogP contribution in [-0.2, 0) is 14.3 Å². The maximum atomic E-state index is 13.3. The van der Waals surface area contributed by atoms with Crippen LogP contribution in [0.1, 0.15) is 92.4 Å². The van der Waals surface area contributed by atoms with Gasteiger partial charge < -0.3 is 9.64 Å². The first-order chi connectivity index (χ1) is 14.6. The lowest BCUT2D eigenvalue weighted by molar-refractivity contribution is -0.142. The normalized spacial score (nSPS) is 41.4. The summed E-state index contributed by atoms with van der Waals surface area (Å²) in [6.07, 6.45) is 8.15. The van der Waals surface area contributed by atoms with E-state index in [1.165, 1.54) is 19.3 Å². The van der Waals surface area contributed by atoms with Gasteiger partial charge in [-0.3, -0.25) is 9.59 Å². The highest BCUT2D eigenvalue weighted by molar-refractivity contribution is 5.87. The fourth-order valence-electron chi connectivity index (χ4n) is 7.43. The lowest BCUT2D eigenvalue weighted by atomic mass is 9.55. The molecule has 0 aromatic heterocycles. The van der Waals surface area contributed by atoms with Crippen LogP contribution >= 0.6 is 0 Å². The first-order valence-electron chi connectivity index (χ1n) is 12.6. The molecule has 174 valence electrons. The molecule has 1 aliphatic heterocycles. The molecule has 0 bridgehead atoms. The molecular formula is C26H41NO4. The Morgan fingerprint density at radius 1 is 0.935 bits per heavy atom. The van der Waals surface area contributed by atoms with Crippen molar-refractivity contribution in [1.29, 1.82) is 0 Å². The van der Waals surface area contributed by atoms with E-state index in [4.69, 9.17) is 4.74 Å². The Morgan fingerprint density at radius 3 is 2.29 bits per heavy atom. The number of fused-ring (bicyclic) bond motifs is 2. The third kappa shape index (κ3) is 4.43. The SMILES string of the molecule is C[C@H]1CC(=O)[C@@H]([C@H]2CC(=O)[C@@H]3CC[C@H](C)N(C(=O)OC(C)(C)C)[C@@H]3C2)[C@@H]2CCCC[C@H]21. The van der Waals surface area contributed by atoms with Gasteiger partial charge in [-0.15, -0.1) is 0 Å². The Kier molecular flexibility index (Phi) is 6.26. The zero-order valence-corrected chi connectivity index (χ0v) is 20.1. The van der Waals surface area contributed by atoms with Crippen LogP contribution in [0.4, 0.5) is 4.79 Å². The van der Waals surface area contributed by atoms with Gasteiger partial charge in [-0.1, -0.05) is 19.8 Å². The molecule has 0 spiro atoms. The number of nitrogens with zero attached hydrogens (tertiary/aromatic N) is 1. The highest BCUT2D eigenvalue weighted by Crippen LogP contribution is 2.51. The number of carbonyl (C=O) groups excluding carboxylic acids is 3. The number of ether oxygens (including phenoxy) is 1. The van der Waals surface area contributed by atoms with Crippen molar-refractivity contribution in [2.45, 2.75) is 110 Å². The van der Waals surface area contributed by atoms with Crippen molar-refractivity contribution >= 4 is 17.7 Å². The van der Waals surface area contributed by atoms with Crippen molar-refractivity contribution in [3.8, 4) is 0 Å². The van der Waals surface area contributed by atoms with Gasteiger partial charge in [0.15, 0.2) is 0 Å². The lowest BCUT2D eigenvalue weighted by Crippen LogP contribution is -2.59. The van der Waals surface area contributed by atoms with Gasteiger partial charge in [-0.25, -0.2) is 4.79 Å². The lowest BCUT2D eigenvalue weighted by Gasteiger charge is -2.52. The Labute approximate surface area is 187 Å². The molecule has 0 radical (unpaired) electrons. The molecule has 0 N–H and O–H groups in total. The van der Waals surface area contributed by atoms with Crippen molar-refractivity contribution < 1.29 is 19.1 Å². The molecule has 0 aromatic rings. The Balaban J connectivity index is 1.59. The highest BCUT2D eigenvalue weighted by Gasteiger charge is 2.52. The van der Waals surface area contributed by atoms with Gasteiger partial charge in [0.2, 0.25) is 0 Å². The summed E-state index contributed by atoms with van der Waals surface area (Å²) in [4.78, 5) is 41.5. The smallest absolute Gasteiger partial charge is 0.410 e. The van der Waals surface area contributed by atoms with Crippen LogP contribution in [0, 0.1) is 35.5 Å². The molecule has 1 amide bonds. The van der Waals surface area contributed by atoms with Crippen LogP contribution in [0.2, 0.25) is 0 Å². The van der Waals surface area contributed by atoms with Crippen LogP contribution in [0.3, 0.4) is 0 Å². The molecule has 0 unspecified atom stereocenters. The minimum Gasteiger partial charge on any atom is -0.444 e. The monoisotopic (exact) mass is 431 g/mol. The number of hydrogen-bond donors (Lipinski definition) is 0. The van der Waals surface area contributed by atoms with Gasteiger partial charge in [0, 0.05) is 36.8 Å². The molecule has 0 aromatic carbocycles. The zero-order chi connectivity index (χ0) is 22.5. The highest BCUT2D eigenvalue weighted by atomic mass is 16.6. The maximum Gasteiger partial charge on any atom is 0.410 e. The predicted octanol–water partition coefficient (Wildman–Crippen LogP) is 5.40. The standard InChI is InChI=1S/C26H41NO4/c1-15-12-23(29)24(19-9-7-6-8-18(15)19)17-13-21-20(22(28)14-17)11-10-16(2)27(21)25(30)31-26(3,4)5/h15-21,24H,6-14H2,1-5H3/t15-,16-,17+,18-,19+,20+,21+,24-/m0/s1. The summed E-state index contributed by atoms with van der Waals surface area (Å²) < 4.78 is 5.74. The van der Waals surface area contributed by atoms with Crippen molar-refractivity contribution in [3.63, 3.8) is 0 Å². The van der Waals surface area contributed by atoms with Crippen molar-refractivity contribution in [1.82, 2.24) is 4.90 Å². The largest absolute Gasteiger partial charge is 0.444 e. The molecule has 4 aliphatic rings. The fourth-order valence-corrected chi connectivity index (χ4v) is 7.43. The summed E-state index contributed by atoms with van der Waals surface area (Å²) in [6.45, 7) is 9.97. The Hall–Kier alpha value is -1.39. The van der Waals surface area contributed by atoms with E-state index in [9.17, 15) is 14.4 Å². The maximum absolute atomic E-state index is 13.3. The number of likely N-dealkylation sites (tertiary alicyclic amines) is 1. The van der Waals surface area contributed by atoms with Crippen molar-refractivity contribution in [2.24, 2.45) is 35.5 Å². The average molecular weight is 432 g/mol. The molecule has 1 heterocycles. The summed E-state index contributed by atoms with van der Waals surface area (Å²) in [7, 11) is 0. The van der Waals surface area contributed by atoms with Gasteiger partial charge in [-0.05, 0) is 83.5 Å². The third-order valence-corrected chi connectivity index (χ3v) is 8.69. The number of amides is 1. The molecule has 31 heavy (non-hydrogen) atoms. The number of rotatable bonds is 1. The quantitative estimate of drug-likeness (QED) is 0.557. The van der Waals surface area contributed by atoms with Crippen molar-refractivity contribution in [2.75, 3.05) is 0 Å². The van der Waals surface area contributed by atoms with E-state index in [1.807, 2.05) is 25.7 Å². The minimum absolute atomic E-state index is 0.00381. The van der Waals surface area contributed by atoms with Crippen molar-refractivity contribution in [3.05, 3.63) is 0 Å². The second kappa shape index (κ2) is 8.51. The van der Waals surface area contributed by atoms with Gasteiger partial charge in [0.25, 0.3) is 0 Å². The summed E-state index contributed by atoms with van der Waals surface area (Å²) in [5.41, 5.74) is -0.563. The van der Waals surface area contributed by atoms with Gasteiger partial charge in [0.05, 0.1) is 0 Å². The van der Waals surface area contributed by atoms with Gasteiger partial charge in [0.1, 0.15) is 17.2 Å². The van der Waals surface area contributed by atoms with Crippen LogP contribution in [-0.4, -0.2) is 40.2 Å². The van der Waals surface area contributed by atoms with E-state index in [-0.39, 0.29) is 41.7 Å². The average Bonchev–Trinajstić information content (AvgIpc) is 2.66. The predicted molar refractivity (Wildman–Crippen MR) is 120 cm³/mol. The van der Waals surface area contributed by atoms with E-state index >= 15 is 0 Å². The summed E-state index contributed by atoms with van der Waals surface area (Å²) in [6, 6.07) is -0.0637. The number of Topliss-reactive ketones (excluding diaryl/α,β-unsaturated/α-hetero) is 2. The van der Waals surface area contributed by atoms with E-state index in [0.717, 1.165) is 25.7 Å². The number of carbonyl (C=O) groups is 3. The van der Waals surface area contributed by atoms with Crippen LogP contribution < -0.4 is 0 Å². The molecule has 4 rings (SSSR count). The molecule has 8 atom stereocenters. The topological polar surface area (TPSA) is 63.7 Å². The van der Waals surface area contributed by atoms with Crippen LogP contribution in [0.15, 0.2) is 0 Å². The minimum atomic E-state index is -0.563. The molecule has 5 nitrogen and oxygen atoms in total. The summed E-state index contributed by atoms with van der Waals surface area (Å²) >= 11 is 0. The molecule has 5 heteroatoms. The van der Waals surface area contributed by atoms with E-state index < -0.39 is 5.60 Å². The third-order valence-electron chi connectivity index (χ3n) is 8.69. The molecule has 3 saturated carbocycles. The Morgan fingerprint density at radius 2 is 1.61 bits per heavy atom. The zero-order valence-electron chi connectivity index (χ0n) is 20.1.